The van der Waals surface area contributed by atoms with E-state index in [4.69, 9.17) is 5.73 Å². The Balaban J connectivity index is 0.000000141. The van der Waals surface area contributed by atoms with Crippen LogP contribution in [0.4, 0.5) is 0 Å². The normalized spacial score (nSPS) is 12.2. The molecule has 11 rings (SSSR count). The minimum absolute atomic E-state index is 0.756. The predicted octanol–water partition coefficient (Wildman–Crippen LogP) is 14.5. The summed E-state index contributed by atoms with van der Waals surface area (Å²) >= 11 is 0. The van der Waals surface area contributed by atoms with E-state index in [-0.39, 0.29) is 0 Å². The highest BCUT2D eigenvalue weighted by Crippen LogP contribution is 2.37. The van der Waals surface area contributed by atoms with E-state index in [0.717, 1.165) is 28.0 Å². The lowest BCUT2D eigenvalue weighted by atomic mass is 9.97. The number of pyridine rings is 1. The summed E-state index contributed by atoms with van der Waals surface area (Å²) in [6.07, 6.45) is 4.17. The van der Waals surface area contributed by atoms with Crippen LogP contribution in [-0.4, -0.2) is 9.38 Å². The van der Waals surface area contributed by atoms with Crippen LogP contribution in [0.25, 0.3) is 93.4 Å². The van der Waals surface area contributed by atoms with Crippen LogP contribution in [0.15, 0.2) is 212 Å². The van der Waals surface area contributed by atoms with E-state index in [1.54, 1.807) is 0 Å². The molecule has 0 aliphatic heterocycles. The number of nitrogens with one attached hydrogen (secondary N) is 1. The summed E-state index contributed by atoms with van der Waals surface area (Å²) in [5.74, 6) is 0. The number of hydrogen-bond acceptors (Lipinski definition) is 1. The Morgan fingerprint density at radius 2 is 0.983 bits per heavy atom. The molecule has 0 radical (unpaired) electrons. The smallest absolute Gasteiger partial charge is 0.0547 e. The molecule has 11 aromatic rings. The van der Waals surface area contributed by atoms with Gasteiger partial charge in [0.05, 0.1) is 16.6 Å². The van der Waals surface area contributed by atoms with Crippen LogP contribution in [0.5, 0.6) is 0 Å². The molecule has 0 fully saturated rings. The molecular formula is C55H41N3. The summed E-state index contributed by atoms with van der Waals surface area (Å²) in [6.45, 7) is 2.05. The molecule has 3 heteroatoms. The Hall–Kier alpha value is -7.62. The fourth-order valence-corrected chi connectivity index (χ4v) is 8.45. The van der Waals surface area contributed by atoms with E-state index in [9.17, 15) is 0 Å². The van der Waals surface area contributed by atoms with Gasteiger partial charge in [-0.05, 0) is 99.8 Å². The fourth-order valence-electron chi connectivity index (χ4n) is 8.45. The van der Waals surface area contributed by atoms with E-state index in [0.29, 0.717) is 0 Å². The molecule has 0 bridgehead atoms. The second-order valence-electron chi connectivity index (χ2n) is 14.8. The number of benzene rings is 8. The summed E-state index contributed by atoms with van der Waals surface area (Å²) in [5.41, 5.74) is 21.5. The molecule has 58 heavy (non-hydrogen) atoms. The first-order chi connectivity index (χ1) is 28.6. The average molecular weight is 744 g/mol. The zero-order valence-electron chi connectivity index (χ0n) is 32.2. The summed E-state index contributed by atoms with van der Waals surface area (Å²) in [6, 6.07) is 70.7. The highest BCUT2D eigenvalue weighted by Gasteiger charge is 2.14. The number of allylic oxidation sites excluding steroid dienone is 3. The highest BCUT2D eigenvalue weighted by atomic mass is 14.9. The monoisotopic (exact) mass is 743 g/mol. The first kappa shape index (κ1) is 34.8. The number of aromatic nitrogens is 2. The van der Waals surface area contributed by atoms with Gasteiger partial charge in [-0.15, -0.1) is 0 Å². The van der Waals surface area contributed by atoms with Gasteiger partial charge in [0.1, 0.15) is 0 Å². The van der Waals surface area contributed by atoms with Gasteiger partial charge in [-0.25, -0.2) is 0 Å². The van der Waals surface area contributed by atoms with Crippen LogP contribution in [-0.2, 0) is 0 Å². The van der Waals surface area contributed by atoms with E-state index in [1.807, 2.05) is 12.1 Å². The number of fused-ring (bicyclic) bond motifs is 11. The van der Waals surface area contributed by atoms with E-state index < -0.39 is 0 Å². The zero-order valence-corrected chi connectivity index (χ0v) is 32.2. The average Bonchev–Trinajstić information content (AvgIpc) is 3.86. The van der Waals surface area contributed by atoms with Crippen LogP contribution in [0, 0.1) is 0 Å². The van der Waals surface area contributed by atoms with Crippen molar-refractivity contribution < 1.29 is 0 Å². The van der Waals surface area contributed by atoms with Crippen molar-refractivity contribution in [3.05, 3.63) is 223 Å². The second kappa shape index (κ2) is 14.8. The lowest BCUT2D eigenvalue weighted by Crippen LogP contribution is -1.97. The Morgan fingerprint density at radius 3 is 1.67 bits per heavy atom. The molecule has 3 N–H and O–H groups in total. The first-order valence-corrected chi connectivity index (χ1v) is 19.8. The van der Waals surface area contributed by atoms with Gasteiger partial charge < -0.3 is 15.1 Å². The molecular weight excluding hydrogens is 703 g/mol. The largest absolute Gasteiger partial charge is 0.398 e. The van der Waals surface area contributed by atoms with Gasteiger partial charge in [-0.1, -0.05) is 164 Å². The molecule has 3 heterocycles. The highest BCUT2D eigenvalue weighted by molar-refractivity contribution is 6.18. The molecule has 0 saturated heterocycles. The summed E-state index contributed by atoms with van der Waals surface area (Å²) in [4.78, 5) is 3.58. The van der Waals surface area contributed by atoms with Gasteiger partial charge in [0, 0.05) is 43.7 Å². The quantitative estimate of drug-likeness (QED) is 0.134. The van der Waals surface area contributed by atoms with E-state index >= 15 is 0 Å². The molecule has 0 aliphatic rings. The standard InChI is InChI=1S/C29H25N.C26H16N2/c1-2-22(25-15-9-16-26(19-25)23-11-5-3-6-12-23)21-29(30)28-18-10-17-27(20-28)24-13-7-4-8-14-24;1-2-10-20-17(7-1)19-9-4-6-12-24(19)28-25-15-21-18-8-3-5-11-22(18)27-23(21)13-16(25)14-26(20)28/h2-21H,30H2,1H3;1-15,27H/b22-2+,29-21-;. The molecule has 0 spiro atoms. The minimum atomic E-state index is 0.756. The molecule has 0 aliphatic carbocycles. The Kier molecular flexibility index (Phi) is 8.89. The number of nitrogens with zero attached hydrogens (tertiary/aromatic N) is 1. The lowest BCUT2D eigenvalue weighted by Gasteiger charge is -2.10. The SMILES string of the molecule is C/C=C(\C=C(/N)c1cccc(-c2ccccc2)c1)c1cccc(-c2ccccc2)c1.c1ccc2c(c1)[nH]c1cc3cc4c5ccccc5c5ccccc5n4c3cc12. The number of para-hydroxylation sites is 2. The Bertz CT molecular complexity index is 3350. The minimum Gasteiger partial charge on any atom is -0.398 e. The molecule has 0 atom stereocenters. The van der Waals surface area contributed by atoms with Gasteiger partial charge in [0.15, 0.2) is 0 Å². The summed E-state index contributed by atoms with van der Waals surface area (Å²) < 4.78 is 2.42. The summed E-state index contributed by atoms with van der Waals surface area (Å²) in [7, 11) is 0. The van der Waals surface area contributed by atoms with Gasteiger partial charge >= 0.3 is 0 Å². The lowest BCUT2D eigenvalue weighted by molar-refractivity contribution is 1.35. The molecule has 3 aromatic heterocycles. The number of nitrogens with two attached hydrogens (primary N) is 1. The van der Waals surface area contributed by atoms with Crippen molar-refractivity contribution in [1.82, 2.24) is 9.38 Å². The third-order valence-electron chi connectivity index (χ3n) is 11.3. The number of rotatable bonds is 5. The molecule has 0 saturated carbocycles. The van der Waals surface area contributed by atoms with Gasteiger partial charge in [0.2, 0.25) is 0 Å². The van der Waals surface area contributed by atoms with Crippen molar-refractivity contribution in [1.29, 1.82) is 0 Å². The third-order valence-corrected chi connectivity index (χ3v) is 11.3. The molecule has 0 amide bonds. The van der Waals surface area contributed by atoms with Crippen molar-refractivity contribution in [2.75, 3.05) is 0 Å². The van der Waals surface area contributed by atoms with Crippen LogP contribution >= 0.6 is 0 Å². The second-order valence-corrected chi connectivity index (χ2v) is 14.8. The van der Waals surface area contributed by atoms with Gasteiger partial charge in [-0.3, -0.25) is 0 Å². The van der Waals surface area contributed by atoms with Crippen LogP contribution in [0.2, 0.25) is 0 Å². The fraction of sp³-hybridized carbons (Fsp3) is 0.0182. The van der Waals surface area contributed by atoms with Crippen LogP contribution < -0.4 is 5.73 Å². The third kappa shape index (κ3) is 6.29. The number of H-pyrrole nitrogens is 1. The van der Waals surface area contributed by atoms with Crippen molar-refractivity contribution in [3.8, 4) is 22.3 Å². The summed E-state index contributed by atoms with van der Waals surface area (Å²) in [5, 5.41) is 7.72. The Morgan fingerprint density at radius 1 is 0.431 bits per heavy atom. The van der Waals surface area contributed by atoms with Gasteiger partial charge in [0.25, 0.3) is 0 Å². The maximum Gasteiger partial charge on any atom is 0.0547 e. The zero-order chi connectivity index (χ0) is 39.0. The van der Waals surface area contributed by atoms with Gasteiger partial charge in [-0.2, -0.15) is 0 Å². The molecule has 0 unspecified atom stereocenters. The van der Waals surface area contributed by atoms with Crippen molar-refractivity contribution in [2.45, 2.75) is 6.92 Å². The molecule has 276 valence electrons. The number of aromatic amines is 1. The predicted molar refractivity (Wildman–Crippen MR) is 249 cm³/mol. The van der Waals surface area contributed by atoms with E-state index in [1.165, 1.54) is 76.6 Å². The van der Waals surface area contributed by atoms with Crippen molar-refractivity contribution >= 4 is 71.2 Å². The molecule has 3 nitrogen and oxygen atoms in total. The first-order valence-electron chi connectivity index (χ1n) is 19.8. The maximum absolute atomic E-state index is 6.53. The van der Waals surface area contributed by atoms with Crippen LogP contribution in [0.3, 0.4) is 0 Å². The van der Waals surface area contributed by atoms with Crippen LogP contribution in [0.1, 0.15) is 18.1 Å². The van der Waals surface area contributed by atoms with Crippen molar-refractivity contribution in [2.24, 2.45) is 5.73 Å². The maximum atomic E-state index is 6.53. The Labute approximate surface area is 337 Å². The topological polar surface area (TPSA) is 46.2 Å². The van der Waals surface area contributed by atoms with Crippen molar-refractivity contribution in [3.63, 3.8) is 0 Å². The number of hydrogen-bond donors (Lipinski definition) is 2. The van der Waals surface area contributed by atoms with E-state index in [2.05, 4.69) is 217 Å². The molecule has 8 aromatic carbocycles.